The van der Waals surface area contributed by atoms with Crippen molar-refractivity contribution in [1.29, 1.82) is 5.26 Å². The van der Waals surface area contributed by atoms with Gasteiger partial charge < -0.3 is 15.0 Å². The normalized spacial score (nSPS) is 17.4. The van der Waals surface area contributed by atoms with Crippen molar-refractivity contribution in [3.63, 3.8) is 0 Å². The van der Waals surface area contributed by atoms with E-state index in [2.05, 4.69) is 5.32 Å². The van der Waals surface area contributed by atoms with Crippen molar-refractivity contribution in [2.24, 2.45) is 7.05 Å². The summed E-state index contributed by atoms with van der Waals surface area (Å²) in [5, 5.41) is 21.6. The van der Waals surface area contributed by atoms with E-state index in [0.717, 1.165) is 25.7 Å². The van der Waals surface area contributed by atoms with Gasteiger partial charge in [0.1, 0.15) is 11.8 Å². The maximum absolute atomic E-state index is 11.9. The molecule has 1 aromatic rings. The lowest BCUT2D eigenvalue weighted by atomic mass is 10.0. The highest BCUT2D eigenvalue weighted by atomic mass is 16.3. The molecule has 0 unspecified atom stereocenters. The van der Waals surface area contributed by atoms with Crippen LogP contribution in [0.2, 0.25) is 0 Å². The Morgan fingerprint density at radius 3 is 2.83 bits per heavy atom. The minimum Gasteiger partial charge on any atom is -0.388 e. The number of aliphatic hydroxyl groups is 1. The quantitative estimate of drug-likeness (QED) is 0.834. The van der Waals surface area contributed by atoms with Crippen molar-refractivity contribution in [3.05, 3.63) is 23.5 Å². The van der Waals surface area contributed by atoms with Crippen LogP contribution in [0.3, 0.4) is 0 Å². The third kappa shape index (κ3) is 2.54. The summed E-state index contributed by atoms with van der Waals surface area (Å²) in [6, 6.07) is 3.55. The third-order valence-corrected chi connectivity index (χ3v) is 3.48. The molecule has 1 aromatic heterocycles. The zero-order valence-corrected chi connectivity index (χ0v) is 10.4. The molecule has 2 rings (SSSR count). The van der Waals surface area contributed by atoms with Crippen LogP contribution in [-0.4, -0.2) is 27.7 Å². The molecule has 0 radical (unpaired) electrons. The molecule has 1 fully saturated rings. The highest BCUT2D eigenvalue weighted by Crippen LogP contribution is 2.28. The van der Waals surface area contributed by atoms with E-state index in [-0.39, 0.29) is 12.5 Å². The first-order valence-electron chi connectivity index (χ1n) is 6.11. The zero-order valence-electron chi connectivity index (χ0n) is 10.4. The first kappa shape index (κ1) is 12.7. The number of nitriles is 1. The summed E-state index contributed by atoms with van der Waals surface area (Å²) in [4.78, 5) is 11.9. The molecule has 1 saturated carbocycles. The predicted octanol–water partition coefficient (Wildman–Crippen LogP) is 0.932. The van der Waals surface area contributed by atoms with E-state index >= 15 is 0 Å². The highest BCUT2D eigenvalue weighted by molar-refractivity contribution is 5.93. The van der Waals surface area contributed by atoms with Crippen LogP contribution in [0.4, 0.5) is 0 Å². The molecule has 1 heterocycles. The standard InChI is InChI=1S/C13H17N3O2/c1-16-8-10(7-14)6-11(16)12(17)15-9-13(18)4-2-3-5-13/h6,8,18H,2-5,9H2,1H3,(H,15,17). The molecular weight excluding hydrogens is 230 g/mol. The molecule has 18 heavy (non-hydrogen) atoms. The molecule has 0 atom stereocenters. The Morgan fingerprint density at radius 2 is 2.28 bits per heavy atom. The van der Waals surface area contributed by atoms with Crippen LogP contribution in [0.15, 0.2) is 12.3 Å². The van der Waals surface area contributed by atoms with Gasteiger partial charge in [0.2, 0.25) is 0 Å². The minimum atomic E-state index is -0.751. The van der Waals surface area contributed by atoms with Gasteiger partial charge in [0, 0.05) is 19.8 Å². The van der Waals surface area contributed by atoms with Gasteiger partial charge in [-0.3, -0.25) is 4.79 Å². The first-order valence-corrected chi connectivity index (χ1v) is 6.11. The molecule has 1 amide bonds. The average Bonchev–Trinajstić information content (AvgIpc) is 2.93. The number of nitrogens with one attached hydrogen (secondary N) is 1. The van der Waals surface area contributed by atoms with E-state index in [4.69, 9.17) is 5.26 Å². The monoisotopic (exact) mass is 247 g/mol. The molecule has 5 nitrogen and oxygen atoms in total. The van der Waals surface area contributed by atoms with Gasteiger partial charge in [-0.15, -0.1) is 0 Å². The number of hydrogen-bond donors (Lipinski definition) is 2. The van der Waals surface area contributed by atoms with Crippen LogP contribution < -0.4 is 5.32 Å². The first-order chi connectivity index (χ1) is 8.54. The Morgan fingerprint density at radius 1 is 1.61 bits per heavy atom. The molecule has 0 aromatic carbocycles. The number of nitrogens with zero attached hydrogens (tertiary/aromatic N) is 2. The fourth-order valence-corrected chi connectivity index (χ4v) is 2.40. The van der Waals surface area contributed by atoms with E-state index in [9.17, 15) is 9.90 Å². The van der Waals surface area contributed by atoms with Gasteiger partial charge in [0.05, 0.1) is 11.2 Å². The van der Waals surface area contributed by atoms with E-state index < -0.39 is 5.60 Å². The number of amides is 1. The lowest BCUT2D eigenvalue weighted by Crippen LogP contribution is -2.41. The maximum atomic E-state index is 11.9. The largest absolute Gasteiger partial charge is 0.388 e. The number of aromatic nitrogens is 1. The summed E-state index contributed by atoms with van der Waals surface area (Å²) in [6.07, 6.45) is 5.11. The van der Waals surface area contributed by atoms with Crippen LogP contribution in [0.1, 0.15) is 41.7 Å². The van der Waals surface area contributed by atoms with Crippen molar-refractivity contribution in [2.45, 2.75) is 31.3 Å². The molecule has 0 bridgehead atoms. The Balaban J connectivity index is 1.99. The highest BCUT2D eigenvalue weighted by Gasteiger charge is 2.31. The zero-order chi connectivity index (χ0) is 13.2. The molecule has 2 N–H and O–H groups in total. The summed E-state index contributed by atoms with van der Waals surface area (Å²) in [5.74, 6) is -0.251. The predicted molar refractivity (Wildman–Crippen MR) is 65.9 cm³/mol. The Bertz CT molecular complexity index is 493. The van der Waals surface area contributed by atoms with E-state index in [1.54, 1.807) is 23.9 Å². The second-order valence-electron chi connectivity index (χ2n) is 4.95. The van der Waals surface area contributed by atoms with Crippen LogP contribution in [-0.2, 0) is 7.05 Å². The van der Waals surface area contributed by atoms with Crippen molar-refractivity contribution in [2.75, 3.05) is 6.54 Å². The van der Waals surface area contributed by atoms with Crippen molar-refractivity contribution in [1.82, 2.24) is 9.88 Å². The van der Waals surface area contributed by atoms with Gasteiger partial charge in [-0.2, -0.15) is 5.26 Å². The van der Waals surface area contributed by atoms with Crippen molar-refractivity contribution in [3.8, 4) is 6.07 Å². The van der Waals surface area contributed by atoms with Crippen molar-refractivity contribution >= 4 is 5.91 Å². The van der Waals surface area contributed by atoms with Crippen LogP contribution in [0, 0.1) is 11.3 Å². The molecular formula is C13H17N3O2. The summed E-state index contributed by atoms with van der Waals surface area (Å²) in [6.45, 7) is 0.277. The topological polar surface area (TPSA) is 78.0 Å². The minimum absolute atomic E-state index is 0.251. The number of hydrogen-bond acceptors (Lipinski definition) is 3. The van der Waals surface area contributed by atoms with Gasteiger partial charge in [0.15, 0.2) is 0 Å². The van der Waals surface area contributed by atoms with Crippen LogP contribution >= 0.6 is 0 Å². The smallest absolute Gasteiger partial charge is 0.268 e. The van der Waals surface area contributed by atoms with E-state index in [1.807, 2.05) is 6.07 Å². The van der Waals surface area contributed by atoms with Gasteiger partial charge in [-0.05, 0) is 18.9 Å². The fourth-order valence-electron chi connectivity index (χ4n) is 2.40. The van der Waals surface area contributed by atoms with Gasteiger partial charge >= 0.3 is 0 Å². The van der Waals surface area contributed by atoms with Crippen molar-refractivity contribution < 1.29 is 9.90 Å². The lowest BCUT2D eigenvalue weighted by molar-refractivity contribution is 0.0448. The third-order valence-electron chi connectivity index (χ3n) is 3.48. The molecule has 96 valence electrons. The molecule has 1 aliphatic rings. The summed E-state index contributed by atoms with van der Waals surface area (Å²) >= 11 is 0. The maximum Gasteiger partial charge on any atom is 0.268 e. The lowest BCUT2D eigenvalue weighted by Gasteiger charge is -2.22. The number of rotatable bonds is 3. The summed E-state index contributed by atoms with van der Waals surface area (Å²) < 4.78 is 1.62. The SMILES string of the molecule is Cn1cc(C#N)cc1C(=O)NCC1(O)CCCC1. The Hall–Kier alpha value is -1.80. The van der Waals surface area contributed by atoms with Gasteiger partial charge in [-0.1, -0.05) is 12.8 Å². The van der Waals surface area contributed by atoms with Crippen LogP contribution in [0.25, 0.3) is 0 Å². The second-order valence-corrected chi connectivity index (χ2v) is 4.95. The summed E-state index contributed by atoms with van der Waals surface area (Å²) in [7, 11) is 1.72. The van der Waals surface area contributed by atoms with Gasteiger partial charge in [0.25, 0.3) is 5.91 Å². The van der Waals surface area contributed by atoms with E-state index in [0.29, 0.717) is 11.3 Å². The molecule has 0 aliphatic heterocycles. The number of carbonyl (C=O) groups is 1. The average molecular weight is 247 g/mol. The summed E-state index contributed by atoms with van der Waals surface area (Å²) in [5.41, 5.74) is 0.147. The second kappa shape index (κ2) is 4.83. The fraction of sp³-hybridized carbons (Fsp3) is 0.538. The van der Waals surface area contributed by atoms with Crippen LogP contribution in [0.5, 0.6) is 0 Å². The Labute approximate surface area is 106 Å². The molecule has 0 spiro atoms. The molecule has 0 saturated heterocycles. The van der Waals surface area contributed by atoms with E-state index in [1.165, 1.54) is 0 Å². The molecule has 5 heteroatoms. The Kier molecular flexibility index (Phi) is 3.39. The molecule has 1 aliphatic carbocycles. The number of aryl methyl sites for hydroxylation is 1. The van der Waals surface area contributed by atoms with Gasteiger partial charge in [-0.25, -0.2) is 0 Å². The number of carbonyl (C=O) groups excluding carboxylic acids is 1.